The Hall–Kier alpha value is -1.35. The number of hydrogen-bond donors (Lipinski definition) is 1. The number of rotatable bonds is 7. The van der Waals surface area contributed by atoms with Crippen molar-refractivity contribution in [3.8, 4) is 0 Å². The maximum Gasteiger partial charge on any atom is 0.307 e. The standard InChI is InChI=1S/C18H29NO2/c1-6-12-19-16(13-17(20)21-7-2)14-8-10-15(11-9-14)18(3,4)5/h8-11,16,19H,6-7,12-13H2,1-5H3. The minimum Gasteiger partial charge on any atom is -0.466 e. The van der Waals surface area contributed by atoms with Gasteiger partial charge in [-0.3, -0.25) is 4.79 Å². The van der Waals surface area contributed by atoms with Gasteiger partial charge < -0.3 is 10.1 Å². The molecule has 1 aromatic rings. The van der Waals surface area contributed by atoms with Gasteiger partial charge in [-0.15, -0.1) is 0 Å². The fourth-order valence-corrected chi connectivity index (χ4v) is 2.23. The molecular weight excluding hydrogens is 262 g/mol. The average Bonchev–Trinajstić information content (AvgIpc) is 2.43. The summed E-state index contributed by atoms with van der Waals surface area (Å²) < 4.78 is 5.07. The van der Waals surface area contributed by atoms with E-state index in [-0.39, 0.29) is 17.4 Å². The highest BCUT2D eigenvalue weighted by molar-refractivity contribution is 5.70. The average molecular weight is 291 g/mol. The molecule has 0 amide bonds. The summed E-state index contributed by atoms with van der Waals surface area (Å²) in [5.74, 6) is -0.147. The zero-order valence-corrected chi connectivity index (χ0v) is 14.0. The van der Waals surface area contributed by atoms with Gasteiger partial charge in [0, 0.05) is 6.04 Å². The minimum atomic E-state index is -0.147. The third-order valence-corrected chi connectivity index (χ3v) is 3.50. The molecule has 0 spiro atoms. The van der Waals surface area contributed by atoms with Gasteiger partial charge in [0.1, 0.15) is 0 Å². The maximum atomic E-state index is 11.8. The van der Waals surface area contributed by atoms with Crippen LogP contribution in [0.5, 0.6) is 0 Å². The summed E-state index contributed by atoms with van der Waals surface area (Å²) in [6.07, 6.45) is 1.42. The fraction of sp³-hybridized carbons (Fsp3) is 0.611. The van der Waals surface area contributed by atoms with Gasteiger partial charge in [0.15, 0.2) is 0 Å². The highest BCUT2D eigenvalue weighted by atomic mass is 16.5. The zero-order valence-electron chi connectivity index (χ0n) is 14.0. The van der Waals surface area contributed by atoms with Crippen LogP contribution in [0.15, 0.2) is 24.3 Å². The van der Waals surface area contributed by atoms with Crippen molar-refractivity contribution in [2.45, 2.75) is 58.9 Å². The van der Waals surface area contributed by atoms with Crippen LogP contribution < -0.4 is 5.32 Å². The second-order valence-electron chi connectivity index (χ2n) is 6.39. The zero-order chi connectivity index (χ0) is 15.9. The van der Waals surface area contributed by atoms with Crippen LogP contribution in [-0.2, 0) is 14.9 Å². The molecule has 0 saturated carbocycles. The minimum absolute atomic E-state index is 0.0259. The largest absolute Gasteiger partial charge is 0.466 e. The molecule has 3 heteroatoms. The Bertz CT molecular complexity index is 432. The molecule has 1 rings (SSSR count). The first-order valence-corrected chi connectivity index (χ1v) is 7.88. The molecule has 1 N–H and O–H groups in total. The van der Waals surface area contributed by atoms with Crippen molar-refractivity contribution < 1.29 is 9.53 Å². The first-order chi connectivity index (χ1) is 9.88. The quantitative estimate of drug-likeness (QED) is 0.772. The summed E-state index contributed by atoms with van der Waals surface area (Å²) >= 11 is 0. The van der Waals surface area contributed by atoms with Gasteiger partial charge in [0.2, 0.25) is 0 Å². The van der Waals surface area contributed by atoms with Gasteiger partial charge in [-0.1, -0.05) is 52.0 Å². The van der Waals surface area contributed by atoms with Gasteiger partial charge in [-0.05, 0) is 36.4 Å². The van der Waals surface area contributed by atoms with Crippen molar-refractivity contribution >= 4 is 5.97 Å². The first-order valence-electron chi connectivity index (χ1n) is 7.88. The molecule has 1 atom stereocenters. The Morgan fingerprint density at radius 3 is 2.29 bits per heavy atom. The molecule has 0 fully saturated rings. The van der Waals surface area contributed by atoms with Crippen molar-refractivity contribution in [1.82, 2.24) is 5.32 Å². The van der Waals surface area contributed by atoms with Gasteiger partial charge in [-0.2, -0.15) is 0 Å². The van der Waals surface area contributed by atoms with Gasteiger partial charge >= 0.3 is 5.97 Å². The molecule has 1 unspecified atom stereocenters. The van der Waals surface area contributed by atoms with Gasteiger partial charge in [-0.25, -0.2) is 0 Å². The molecule has 21 heavy (non-hydrogen) atoms. The number of carbonyl (C=O) groups is 1. The lowest BCUT2D eigenvalue weighted by atomic mass is 9.86. The number of nitrogens with one attached hydrogen (secondary N) is 1. The highest BCUT2D eigenvalue weighted by Crippen LogP contribution is 2.25. The van der Waals surface area contributed by atoms with Crippen molar-refractivity contribution in [3.63, 3.8) is 0 Å². The van der Waals surface area contributed by atoms with E-state index in [0.717, 1.165) is 18.5 Å². The van der Waals surface area contributed by atoms with Crippen LogP contribution in [0.2, 0.25) is 0 Å². The number of benzene rings is 1. The van der Waals surface area contributed by atoms with Crippen LogP contribution in [0.3, 0.4) is 0 Å². The SMILES string of the molecule is CCCNC(CC(=O)OCC)c1ccc(C(C)(C)C)cc1. The van der Waals surface area contributed by atoms with Crippen LogP contribution in [0.1, 0.15) is 64.6 Å². The third kappa shape index (κ3) is 5.88. The molecule has 0 radical (unpaired) electrons. The predicted molar refractivity (Wildman–Crippen MR) is 87.4 cm³/mol. The molecule has 0 saturated heterocycles. The molecule has 0 heterocycles. The van der Waals surface area contributed by atoms with Gasteiger partial charge in [0.05, 0.1) is 13.0 Å². The summed E-state index contributed by atoms with van der Waals surface area (Å²) in [6.45, 7) is 11.9. The van der Waals surface area contributed by atoms with Crippen LogP contribution in [-0.4, -0.2) is 19.1 Å². The number of carbonyl (C=O) groups excluding carboxylic acids is 1. The highest BCUT2D eigenvalue weighted by Gasteiger charge is 2.18. The second kappa shape index (κ2) is 8.18. The lowest BCUT2D eigenvalue weighted by Gasteiger charge is -2.22. The van der Waals surface area contributed by atoms with E-state index in [2.05, 4.69) is 57.3 Å². The van der Waals surface area contributed by atoms with Crippen LogP contribution in [0, 0.1) is 0 Å². The first kappa shape index (κ1) is 17.7. The summed E-state index contributed by atoms with van der Waals surface area (Å²) in [6, 6.07) is 8.57. The topological polar surface area (TPSA) is 38.3 Å². The van der Waals surface area contributed by atoms with Crippen LogP contribution in [0.25, 0.3) is 0 Å². The monoisotopic (exact) mass is 291 g/mol. The summed E-state index contributed by atoms with van der Waals surface area (Å²) in [5.41, 5.74) is 2.59. The molecule has 0 aliphatic carbocycles. The molecule has 1 aromatic carbocycles. The normalized spacial score (nSPS) is 13.0. The van der Waals surface area contributed by atoms with E-state index >= 15 is 0 Å². The van der Waals surface area contributed by atoms with E-state index in [1.165, 1.54) is 5.56 Å². The van der Waals surface area contributed by atoms with Crippen LogP contribution >= 0.6 is 0 Å². The van der Waals surface area contributed by atoms with Crippen LogP contribution in [0.4, 0.5) is 0 Å². The van der Waals surface area contributed by atoms with Gasteiger partial charge in [0.25, 0.3) is 0 Å². The molecular formula is C18H29NO2. The Morgan fingerprint density at radius 1 is 1.19 bits per heavy atom. The molecule has 0 aromatic heterocycles. The molecule has 0 aliphatic heterocycles. The lowest BCUT2D eigenvalue weighted by Crippen LogP contribution is -2.25. The predicted octanol–water partition coefficient (Wildman–Crippen LogP) is 3.98. The van der Waals surface area contributed by atoms with E-state index in [1.54, 1.807) is 0 Å². The Labute approximate surface area is 129 Å². The Kier molecular flexibility index (Phi) is 6.90. The smallest absolute Gasteiger partial charge is 0.307 e. The Morgan fingerprint density at radius 2 is 1.81 bits per heavy atom. The summed E-state index contributed by atoms with van der Waals surface area (Å²) in [5, 5.41) is 3.43. The van der Waals surface area contributed by atoms with Crippen molar-refractivity contribution in [2.75, 3.05) is 13.2 Å². The fourth-order valence-electron chi connectivity index (χ4n) is 2.23. The van der Waals surface area contributed by atoms with E-state index in [9.17, 15) is 4.79 Å². The number of esters is 1. The molecule has 118 valence electrons. The van der Waals surface area contributed by atoms with E-state index < -0.39 is 0 Å². The van der Waals surface area contributed by atoms with E-state index in [1.807, 2.05) is 6.92 Å². The number of ether oxygens (including phenoxy) is 1. The molecule has 3 nitrogen and oxygen atoms in total. The number of hydrogen-bond acceptors (Lipinski definition) is 3. The maximum absolute atomic E-state index is 11.8. The molecule has 0 aliphatic rings. The lowest BCUT2D eigenvalue weighted by molar-refractivity contribution is -0.143. The van der Waals surface area contributed by atoms with Crippen molar-refractivity contribution in [2.24, 2.45) is 0 Å². The second-order valence-corrected chi connectivity index (χ2v) is 6.39. The molecule has 0 bridgehead atoms. The summed E-state index contributed by atoms with van der Waals surface area (Å²) in [7, 11) is 0. The van der Waals surface area contributed by atoms with E-state index in [0.29, 0.717) is 13.0 Å². The van der Waals surface area contributed by atoms with Crippen molar-refractivity contribution in [1.29, 1.82) is 0 Å². The Balaban J connectivity index is 2.84. The third-order valence-electron chi connectivity index (χ3n) is 3.50. The van der Waals surface area contributed by atoms with Crippen molar-refractivity contribution in [3.05, 3.63) is 35.4 Å². The summed E-state index contributed by atoms with van der Waals surface area (Å²) in [4.78, 5) is 11.8. The van der Waals surface area contributed by atoms with E-state index in [4.69, 9.17) is 4.74 Å².